The summed E-state index contributed by atoms with van der Waals surface area (Å²) in [6, 6.07) is 15.0. The summed E-state index contributed by atoms with van der Waals surface area (Å²) >= 11 is 0. The Kier molecular flexibility index (Phi) is 3.95. The Morgan fingerprint density at radius 3 is 2.22 bits per heavy atom. The van der Waals surface area contributed by atoms with Crippen LogP contribution in [0.5, 0.6) is 0 Å². The smallest absolute Gasteiger partial charge is 0.238 e. The zero-order valence-electron chi connectivity index (χ0n) is 13.1. The molecule has 0 aliphatic carbocycles. The molecule has 0 saturated heterocycles. The van der Waals surface area contributed by atoms with Crippen molar-refractivity contribution in [3.8, 4) is 0 Å². The standard InChI is InChI=1S/C17H19N3O2S/c1-12-3-5-14(6-4-12)17-11-13(2)19-20(17)15-7-9-16(10-8-15)23(18,21)22/h3-10,17H,11H2,1-2H3,(H2,18,21,22). The van der Waals surface area contributed by atoms with E-state index in [-0.39, 0.29) is 10.9 Å². The monoisotopic (exact) mass is 329 g/mol. The normalized spacial score (nSPS) is 18.1. The van der Waals surface area contributed by atoms with Gasteiger partial charge in [0.1, 0.15) is 0 Å². The van der Waals surface area contributed by atoms with E-state index < -0.39 is 10.0 Å². The van der Waals surface area contributed by atoms with Gasteiger partial charge in [0, 0.05) is 12.1 Å². The number of aryl methyl sites for hydroxylation is 1. The Hall–Kier alpha value is -2.18. The summed E-state index contributed by atoms with van der Waals surface area (Å²) in [5, 5.41) is 11.7. The lowest BCUT2D eigenvalue weighted by Crippen LogP contribution is -2.19. The van der Waals surface area contributed by atoms with Crippen molar-refractivity contribution in [2.45, 2.75) is 31.2 Å². The summed E-state index contributed by atoms with van der Waals surface area (Å²) in [6.45, 7) is 4.06. The molecule has 1 aliphatic rings. The second-order valence-electron chi connectivity index (χ2n) is 5.85. The van der Waals surface area contributed by atoms with Gasteiger partial charge in [-0.15, -0.1) is 0 Å². The van der Waals surface area contributed by atoms with Crippen molar-refractivity contribution in [1.82, 2.24) is 0 Å². The van der Waals surface area contributed by atoms with Crippen LogP contribution < -0.4 is 10.1 Å². The van der Waals surface area contributed by atoms with E-state index in [0.29, 0.717) is 0 Å². The second-order valence-corrected chi connectivity index (χ2v) is 7.41. The summed E-state index contributed by atoms with van der Waals surface area (Å²) in [5.74, 6) is 0. The molecule has 1 heterocycles. The van der Waals surface area contributed by atoms with Crippen molar-refractivity contribution in [2.24, 2.45) is 10.2 Å². The van der Waals surface area contributed by atoms with Gasteiger partial charge in [0.25, 0.3) is 0 Å². The summed E-state index contributed by atoms with van der Waals surface area (Å²) < 4.78 is 22.7. The first-order valence-electron chi connectivity index (χ1n) is 7.37. The Morgan fingerprint density at radius 1 is 1.04 bits per heavy atom. The van der Waals surface area contributed by atoms with Crippen LogP contribution in [0.1, 0.15) is 30.5 Å². The molecule has 0 aromatic heterocycles. The molecule has 23 heavy (non-hydrogen) atoms. The minimum absolute atomic E-state index is 0.105. The highest BCUT2D eigenvalue weighted by Gasteiger charge is 2.27. The maximum atomic E-state index is 11.4. The molecule has 0 saturated carbocycles. The number of benzene rings is 2. The van der Waals surface area contributed by atoms with Crippen molar-refractivity contribution in [2.75, 3.05) is 5.01 Å². The molecule has 0 fully saturated rings. The van der Waals surface area contributed by atoms with Gasteiger partial charge in [-0.1, -0.05) is 29.8 Å². The molecule has 6 heteroatoms. The number of hydrogen-bond donors (Lipinski definition) is 1. The summed E-state index contributed by atoms with van der Waals surface area (Å²) in [4.78, 5) is 0.105. The van der Waals surface area contributed by atoms with Gasteiger partial charge in [0.2, 0.25) is 10.0 Å². The number of hydrogen-bond acceptors (Lipinski definition) is 4. The lowest BCUT2D eigenvalue weighted by atomic mass is 10.0. The molecular formula is C17H19N3O2S. The van der Waals surface area contributed by atoms with E-state index in [9.17, 15) is 8.42 Å². The van der Waals surface area contributed by atoms with Crippen LogP contribution in [0.4, 0.5) is 5.69 Å². The zero-order valence-corrected chi connectivity index (χ0v) is 13.9. The van der Waals surface area contributed by atoms with Crippen LogP contribution in [0.3, 0.4) is 0 Å². The molecule has 0 bridgehead atoms. The van der Waals surface area contributed by atoms with Gasteiger partial charge in [-0.2, -0.15) is 5.10 Å². The molecule has 120 valence electrons. The molecule has 2 aromatic carbocycles. The number of hydrazone groups is 1. The molecule has 0 spiro atoms. The molecule has 0 radical (unpaired) electrons. The molecule has 2 aromatic rings. The van der Waals surface area contributed by atoms with Crippen LogP contribution in [-0.2, 0) is 10.0 Å². The van der Waals surface area contributed by atoms with Crippen LogP contribution in [0.25, 0.3) is 0 Å². The summed E-state index contributed by atoms with van der Waals surface area (Å²) in [7, 11) is -3.68. The van der Waals surface area contributed by atoms with Crippen LogP contribution >= 0.6 is 0 Å². The topological polar surface area (TPSA) is 75.8 Å². The van der Waals surface area contributed by atoms with Gasteiger partial charge in [0.15, 0.2) is 0 Å². The number of rotatable bonds is 3. The highest BCUT2D eigenvalue weighted by atomic mass is 32.2. The molecular weight excluding hydrogens is 310 g/mol. The first kappa shape index (κ1) is 15.7. The van der Waals surface area contributed by atoms with E-state index in [0.717, 1.165) is 17.8 Å². The number of nitrogens with zero attached hydrogens (tertiary/aromatic N) is 2. The second kappa shape index (κ2) is 5.79. The summed E-state index contributed by atoms with van der Waals surface area (Å²) in [6.07, 6.45) is 0.847. The molecule has 1 atom stereocenters. The van der Waals surface area contributed by atoms with Crippen LogP contribution in [-0.4, -0.2) is 14.1 Å². The first-order chi connectivity index (χ1) is 10.8. The quantitative estimate of drug-likeness (QED) is 0.940. The Balaban J connectivity index is 1.94. The lowest BCUT2D eigenvalue weighted by Gasteiger charge is -2.24. The fourth-order valence-corrected chi connectivity index (χ4v) is 3.25. The van der Waals surface area contributed by atoms with E-state index in [1.807, 2.05) is 11.9 Å². The highest BCUT2D eigenvalue weighted by Crippen LogP contribution is 2.35. The van der Waals surface area contributed by atoms with E-state index in [2.05, 4.69) is 36.3 Å². The van der Waals surface area contributed by atoms with Gasteiger partial charge < -0.3 is 0 Å². The van der Waals surface area contributed by atoms with Gasteiger partial charge in [-0.25, -0.2) is 13.6 Å². The average Bonchev–Trinajstić information content (AvgIpc) is 2.89. The zero-order chi connectivity index (χ0) is 16.6. The fourth-order valence-electron chi connectivity index (χ4n) is 2.73. The SMILES string of the molecule is CC1=NN(c2ccc(S(N)(=O)=O)cc2)C(c2ccc(C)cc2)C1. The third kappa shape index (κ3) is 3.28. The number of sulfonamides is 1. The van der Waals surface area contributed by atoms with Crippen molar-refractivity contribution >= 4 is 21.4 Å². The minimum atomic E-state index is -3.68. The molecule has 5 nitrogen and oxygen atoms in total. The van der Waals surface area contributed by atoms with Crippen molar-refractivity contribution < 1.29 is 8.42 Å². The number of nitrogens with two attached hydrogens (primary N) is 1. The molecule has 1 unspecified atom stereocenters. The van der Waals surface area contributed by atoms with Crippen LogP contribution in [0, 0.1) is 6.92 Å². The van der Waals surface area contributed by atoms with Gasteiger partial charge in [0.05, 0.1) is 16.6 Å². The summed E-state index contributed by atoms with van der Waals surface area (Å²) in [5.41, 5.74) is 4.30. The lowest BCUT2D eigenvalue weighted by molar-refractivity contribution is 0.598. The van der Waals surface area contributed by atoms with Crippen molar-refractivity contribution in [3.63, 3.8) is 0 Å². The Bertz CT molecular complexity index is 840. The van der Waals surface area contributed by atoms with Crippen LogP contribution in [0.2, 0.25) is 0 Å². The third-order valence-electron chi connectivity index (χ3n) is 3.95. The average molecular weight is 329 g/mol. The van der Waals surface area contributed by atoms with Gasteiger partial charge in [-0.3, -0.25) is 5.01 Å². The highest BCUT2D eigenvalue weighted by molar-refractivity contribution is 7.89. The molecule has 1 aliphatic heterocycles. The van der Waals surface area contributed by atoms with E-state index in [1.165, 1.54) is 23.3 Å². The third-order valence-corrected chi connectivity index (χ3v) is 4.88. The minimum Gasteiger partial charge on any atom is -0.258 e. The predicted molar refractivity (Wildman–Crippen MR) is 91.9 cm³/mol. The maximum Gasteiger partial charge on any atom is 0.238 e. The van der Waals surface area contributed by atoms with E-state index in [4.69, 9.17) is 5.14 Å². The Morgan fingerprint density at radius 2 is 1.65 bits per heavy atom. The number of primary sulfonamides is 1. The fraction of sp³-hybridized carbons (Fsp3) is 0.235. The Labute approximate surface area is 136 Å². The molecule has 0 amide bonds. The van der Waals surface area contributed by atoms with E-state index >= 15 is 0 Å². The molecule has 3 rings (SSSR count). The number of anilines is 1. The van der Waals surface area contributed by atoms with Crippen LogP contribution in [0.15, 0.2) is 58.5 Å². The first-order valence-corrected chi connectivity index (χ1v) is 8.92. The predicted octanol–water partition coefficient (Wildman–Crippen LogP) is 2.97. The largest absolute Gasteiger partial charge is 0.258 e. The van der Waals surface area contributed by atoms with Crippen molar-refractivity contribution in [1.29, 1.82) is 0 Å². The van der Waals surface area contributed by atoms with Gasteiger partial charge in [-0.05, 0) is 43.7 Å². The van der Waals surface area contributed by atoms with Crippen molar-refractivity contribution in [3.05, 3.63) is 59.7 Å². The maximum absolute atomic E-state index is 11.4. The molecule has 2 N–H and O–H groups in total. The van der Waals surface area contributed by atoms with Gasteiger partial charge >= 0.3 is 0 Å². The van der Waals surface area contributed by atoms with E-state index in [1.54, 1.807) is 12.1 Å².